The molecule has 1 saturated carbocycles. The Bertz CT molecular complexity index is 574. The smallest absolute Gasteiger partial charge is 0.271 e. The van der Waals surface area contributed by atoms with Crippen molar-refractivity contribution in [1.82, 2.24) is 25.7 Å². The SMILES string of the molecule is O=C(CCNC(=O)c1ccn(C2CCCNC2)n1)NC1CCCCC1. The highest BCUT2D eigenvalue weighted by Gasteiger charge is 2.18. The molecule has 138 valence electrons. The summed E-state index contributed by atoms with van der Waals surface area (Å²) in [7, 11) is 0. The van der Waals surface area contributed by atoms with Gasteiger partial charge in [-0.25, -0.2) is 0 Å². The van der Waals surface area contributed by atoms with Crippen molar-refractivity contribution in [2.24, 2.45) is 0 Å². The number of rotatable bonds is 6. The van der Waals surface area contributed by atoms with Gasteiger partial charge in [0, 0.05) is 31.7 Å². The molecule has 0 bridgehead atoms. The zero-order valence-corrected chi connectivity index (χ0v) is 14.8. The second kappa shape index (κ2) is 8.99. The lowest BCUT2D eigenvalue weighted by atomic mass is 9.95. The van der Waals surface area contributed by atoms with E-state index in [0.717, 1.165) is 38.8 Å². The fourth-order valence-corrected chi connectivity index (χ4v) is 3.65. The number of carbonyl (C=O) groups excluding carboxylic acids is 2. The first kappa shape index (κ1) is 17.9. The third-order valence-electron chi connectivity index (χ3n) is 5.09. The Balaban J connectivity index is 1.38. The van der Waals surface area contributed by atoms with Crippen molar-refractivity contribution in [2.45, 2.75) is 63.5 Å². The molecule has 7 heteroatoms. The van der Waals surface area contributed by atoms with E-state index in [9.17, 15) is 9.59 Å². The maximum Gasteiger partial charge on any atom is 0.271 e. The van der Waals surface area contributed by atoms with Gasteiger partial charge in [-0.05, 0) is 38.3 Å². The van der Waals surface area contributed by atoms with Gasteiger partial charge in [0.2, 0.25) is 5.91 Å². The quantitative estimate of drug-likeness (QED) is 0.725. The summed E-state index contributed by atoms with van der Waals surface area (Å²) in [6, 6.07) is 2.37. The molecule has 0 spiro atoms. The van der Waals surface area contributed by atoms with Crippen LogP contribution in [-0.4, -0.2) is 47.3 Å². The Kier molecular flexibility index (Phi) is 6.44. The van der Waals surface area contributed by atoms with Crippen molar-refractivity contribution >= 4 is 11.8 Å². The summed E-state index contributed by atoms with van der Waals surface area (Å²) in [4.78, 5) is 24.1. The van der Waals surface area contributed by atoms with E-state index >= 15 is 0 Å². The van der Waals surface area contributed by atoms with Crippen LogP contribution in [0, 0.1) is 0 Å². The van der Waals surface area contributed by atoms with Crippen molar-refractivity contribution in [1.29, 1.82) is 0 Å². The molecule has 3 N–H and O–H groups in total. The van der Waals surface area contributed by atoms with E-state index in [1.807, 2.05) is 10.9 Å². The molecule has 0 radical (unpaired) electrons. The van der Waals surface area contributed by atoms with E-state index in [0.29, 0.717) is 30.7 Å². The lowest BCUT2D eigenvalue weighted by Gasteiger charge is -2.23. The molecule has 7 nitrogen and oxygen atoms in total. The fourth-order valence-electron chi connectivity index (χ4n) is 3.65. The summed E-state index contributed by atoms with van der Waals surface area (Å²) in [6.45, 7) is 2.29. The van der Waals surface area contributed by atoms with E-state index < -0.39 is 0 Å². The second-order valence-electron chi connectivity index (χ2n) is 7.09. The minimum atomic E-state index is -0.215. The maximum atomic E-state index is 12.2. The van der Waals surface area contributed by atoms with Gasteiger partial charge in [-0.2, -0.15) is 5.10 Å². The van der Waals surface area contributed by atoms with Crippen molar-refractivity contribution in [3.05, 3.63) is 18.0 Å². The molecule has 1 atom stereocenters. The molecule has 0 aromatic carbocycles. The molecule has 1 aliphatic heterocycles. The summed E-state index contributed by atoms with van der Waals surface area (Å²) >= 11 is 0. The Morgan fingerprint density at radius 3 is 2.80 bits per heavy atom. The average Bonchev–Trinajstić information content (AvgIpc) is 3.13. The van der Waals surface area contributed by atoms with E-state index in [1.165, 1.54) is 19.3 Å². The standard InChI is InChI=1S/C18H29N5O2/c24-17(21-14-5-2-1-3-6-14)8-11-20-18(25)16-9-12-23(22-16)15-7-4-10-19-13-15/h9,12,14-15,19H,1-8,10-11,13H2,(H,20,25)(H,21,24). The fraction of sp³-hybridized carbons (Fsp3) is 0.722. The molecular weight excluding hydrogens is 318 g/mol. The van der Waals surface area contributed by atoms with Crippen LogP contribution in [0.4, 0.5) is 0 Å². The summed E-state index contributed by atoms with van der Waals surface area (Å²) < 4.78 is 1.87. The van der Waals surface area contributed by atoms with Crippen LogP contribution in [0.2, 0.25) is 0 Å². The van der Waals surface area contributed by atoms with Gasteiger partial charge in [0.1, 0.15) is 5.69 Å². The first-order valence-electron chi connectivity index (χ1n) is 9.56. The summed E-state index contributed by atoms with van der Waals surface area (Å²) in [6.07, 6.45) is 10.2. The van der Waals surface area contributed by atoms with E-state index in [-0.39, 0.29) is 11.8 Å². The number of hydrogen-bond donors (Lipinski definition) is 3. The van der Waals surface area contributed by atoms with Gasteiger partial charge in [0.25, 0.3) is 5.91 Å². The average molecular weight is 347 g/mol. The third-order valence-corrected chi connectivity index (χ3v) is 5.09. The largest absolute Gasteiger partial charge is 0.353 e. The van der Waals surface area contributed by atoms with Crippen LogP contribution < -0.4 is 16.0 Å². The van der Waals surface area contributed by atoms with Gasteiger partial charge in [-0.15, -0.1) is 0 Å². The maximum absolute atomic E-state index is 12.2. The molecule has 1 aromatic rings. The van der Waals surface area contributed by atoms with E-state index in [4.69, 9.17) is 0 Å². The number of amides is 2. The molecule has 1 aromatic heterocycles. The molecular formula is C18H29N5O2. The number of piperidine rings is 1. The lowest BCUT2D eigenvalue weighted by molar-refractivity contribution is -0.121. The lowest BCUT2D eigenvalue weighted by Crippen LogP contribution is -2.38. The minimum Gasteiger partial charge on any atom is -0.353 e. The first-order valence-corrected chi connectivity index (χ1v) is 9.56. The Labute approximate surface area is 148 Å². The van der Waals surface area contributed by atoms with Crippen LogP contribution in [0.5, 0.6) is 0 Å². The van der Waals surface area contributed by atoms with E-state index in [2.05, 4.69) is 21.0 Å². The molecule has 2 aliphatic rings. The summed E-state index contributed by atoms with van der Waals surface area (Å²) in [5, 5.41) is 13.6. The Morgan fingerprint density at radius 1 is 1.20 bits per heavy atom. The van der Waals surface area contributed by atoms with Gasteiger partial charge in [0.05, 0.1) is 6.04 Å². The molecule has 25 heavy (non-hydrogen) atoms. The van der Waals surface area contributed by atoms with Crippen LogP contribution in [0.1, 0.15) is 67.9 Å². The molecule has 1 aliphatic carbocycles. The molecule has 2 amide bonds. The monoisotopic (exact) mass is 347 g/mol. The van der Waals surface area contributed by atoms with Crippen LogP contribution in [0.15, 0.2) is 12.3 Å². The number of nitrogens with one attached hydrogen (secondary N) is 3. The highest BCUT2D eigenvalue weighted by atomic mass is 16.2. The topological polar surface area (TPSA) is 88.1 Å². The van der Waals surface area contributed by atoms with Gasteiger partial charge >= 0.3 is 0 Å². The Hall–Kier alpha value is -1.89. The highest BCUT2D eigenvalue weighted by Crippen LogP contribution is 2.17. The molecule has 3 rings (SSSR count). The van der Waals surface area contributed by atoms with Crippen LogP contribution >= 0.6 is 0 Å². The van der Waals surface area contributed by atoms with Gasteiger partial charge in [-0.1, -0.05) is 19.3 Å². The summed E-state index contributed by atoms with van der Waals surface area (Å²) in [5.41, 5.74) is 0.415. The van der Waals surface area contributed by atoms with Crippen molar-refractivity contribution in [3.8, 4) is 0 Å². The normalized spacial score (nSPS) is 21.7. The summed E-state index contributed by atoms with van der Waals surface area (Å²) in [5.74, 6) is -0.195. The van der Waals surface area contributed by atoms with Crippen LogP contribution in [-0.2, 0) is 4.79 Å². The van der Waals surface area contributed by atoms with Crippen molar-refractivity contribution in [2.75, 3.05) is 19.6 Å². The van der Waals surface area contributed by atoms with Crippen molar-refractivity contribution < 1.29 is 9.59 Å². The first-order chi connectivity index (χ1) is 12.2. The number of carbonyl (C=O) groups is 2. The number of hydrogen-bond acceptors (Lipinski definition) is 4. The predicted molar refractivity (Wildman–Crippen MR) is 95.3 cm³/mol. The Morgan fingerprint density at radius 2 is 2.04 bits per heavy atom. The van der Waals surface area contributed by atoms with Crippen molar-refractivity contribution in [3.63, 3.8) is 0 Å². The van der Waals surface area contributed by atoms with Gasteiger partial charge in [0.15, 0.2) is 0 Å². The predicted octanol–water partition coefficient (Wildman–Crippen LogP) is 1.38. The van der Waals surface area contributed by atoms with Gasteiger partial charge < -0.3 is 16.0 Å². The number of aromatic nitrogens is 2. The highest BCUT2D eigenvalue weighted by molar-refractivity contribution is 5.92. The third kappa shape index (κ3) is 5.29. The second-order valence-corrected chi connectivity index (χ2v) is 7.09. The van der Waals surface area contributed by atoms with Gasteiger partial charge in [-0.3, -0.25) is 14.3 Å². The number of nitrogens with zero attached hydrogens (tertiary/aromatic N) is 2. The minimum absolute atomic E-state index is 0.0195. The molecule has 2 fully saturated rings. The molecule has 1 saturated heterocycles. The zero-order chi connectivity index (χ0) is 17.5. The molecule has 2 heterocycles. The van der Waals surface area contributed by atoms with E-state index in [1.54, 1.807) is 6.07 Å². The van der Waals surface area contributed by atoms with Crippen LogP contribution in [0.3, 0.4) is 0 Å². The van der Waals surface area contributed by atoms with Crippen LogP contribution in [0.25, 0.3) is 0 Å². The zero-order valence-electron chi connectivity index (χ0n) is 14.8. The molecule has 1 unspecified atom stereocenters.